The van der Waals surface area contributed by atoms with Crippen LogP contribution in [-0.2, 0) is 4.79 Å². The Morgan fingerprint density at radius 2 is 1.92 bits per heavy atom. The van der Waals surface area contributed by atoms with Gasteiger partial charge in [-0.1, -0.05) is 5.16 Å². The van der Waals surface area contributed by atoms with E-state index in [1.807, 2.05) is 0 Å². The largest absolute Gasteiger partial charge is 0.410 e. The summed E-state index contributed by atoms with van der Waals surface area (Å²) in [5, 5.41) is 11.3. The predicted molar refractivity (Wildman–Crippen MR) is 45.4 cm³/mol. The van der Waals surface area contributed by atoms with Crippen LogP contribution in [0.4, 0.5) is 4.39 Å². The highest BCUT2D eigenvalue weighted by Crippen LogP contribution is 2.04. The van der Waals surface area contributed by atoms with Crippen LogP contribution in [0.5, 0.6) is 0 Å². The summed E-state index contributed by atoms with van der Waals surface area (Å²) >= 11 is 0. The number of ketones is 1. The topological polar surface area (TPSA) is 49.7 Å². The smallest absolute Gasteiger partial charge is 0.182 e. The Bertz CT molecular complexity index is 343. The van der Waals surface area contributed by atoms with Gasteiger partial charge < -0.3 is 5.21 Å². The normalized spacial score (nSPS) is 11.4. The first-order chi connectivity index (χ1) is 6.15. The molecule has 0 fully saturated rings. The van der Waals surface area contributed by atoms with E-state index in [1.165, 1.54) is 31.2 Å². The Kier molecular flexibility index (Phi) is 2.74. The molecule has 0 heterocycles. The van der Waals surface area contributed by atoms with Crippen LogP contribution in [0.3, 0.4) is 0 Å². The molecular weight excluding hydrogens is 173 g/mol. The number of oxime groups is 1. The third-order valence-electron chi connectivity index (χ3n) is 1.55. The third kappa shape index (κ3) is 2.11. The number of carbonyl (C=O) groups is 1. The first-order valence-corrected chi connectivity index (χ1v) is 3.64. The van der Waals surface area contributed by atoms with E-state index in [4.69, 9.17) is 5.21 Å². The van der Waals surface area contributed by atoms with Crippen molar-refractivity contribution in [3.63, 3.8) is 0 Å². The fourth-order valence-electron chi connectivity index (χ4n) is 0.939. The van der Waals surface area contributed by atoms with Gasteiger partial charge in [0.1, 0.15) is 5.82 Å². The Labute approximate surface area is 74.5 Å². The summed E-state index contributed by atoms with van der Waals surface area (Å²) in [7, 11) is 0. The summed E-state index contributed by atoms with van der Waals surface area (Å²) in [6.45, 7) is 1.28. The summed E-state index contributed by atoms with van der Waals surface area (Å²) in [6.07, 6.45) is 0. The Hall–Kier alpha value is -1.71. The second kappa shape index (κ2) is 3.80. The highest BCUT2D eigenvalue weighted by molar-refractivity contribution is 6.45. The van der Waals surface area contributed by atoms with Crippen LogP contribution in [0.25, 0.3) is 0 Å². The molecule has 0 saturated carbocycles. The van der Waals surface area contributed by atoms with Gasteiger partial charge in [-0.2, -0.15) is 0 Å². The number of rotatable bonds is 2. The number of halogens is 1. The van der Waals surface area contributed by atoms with Crippen LogP contribution < -0.4 is 0 Å². The van der Waals surface area contributed by atoms with Gasteiger partial charge in [0.05, 0.1) is 0 Å². The molecule has 0 spiro atoms. The van der Waals surface area contributed by atoms with Crippen LogP contribution in [0, 0.1) is 5.82 Å². The lowest BCUT2D eigenvalue weighted by atomic mass is 10.1. The molecule has 68 valence electrons. The SMILES string of the molecule is CC(=O)C(=NO)c1ccc(F)cc1. The van der Waals surface area contributed by atoms with E-state index >= 15 is 0 Å². The van der Waals surface area contributed by atoms with Gasteiger partial charge in [0.25, 0.3) is 0 Å². The Morgan fingerprint density at radius 3 is 2.31 bits per heavy atom. The molecule has 1 aromatic rings. The van der Waals surface area contributed by atoms with Crippen molar-refractivity contribution in [1.29, 1.82) is 0 Å². The number of nitrogens with zero attached hydrogens (tertiary/aromatic N) is 1. The maximum Gasteiger partial charge on any atom is 0.182 e. The molecule has 0 unspecified atom stereocenters. The van der Waals surface area contributed by atoms with Gasteiger partial charge in [-0.15, -0.1) is 0 Å². The van der Waals surface area contributed by atoms with Gasteiger partial charge in [-0.05, 0) is 24.3 Å². The Balaban J connectivity index is 3.07. The minimum absolute atomic E-state index is 0.0694. The number of benzene rings is 1. The summed E-state index contributed by atoms with van der Waals surface area (Å²) in [5.41, 5.74) is 0.330. The van der Waals surface area contributed by atoms with E-state index in [1.54, 1.807) is 0 Å². The highest BCUT2D eigenvalue weighted by Gasteiger charge is 2.09. The van der Waals surface area contributed by atoms with E-state index in [-0.39, 0.29) is 11.5 Å². The number of Topliss-reactive ketones (excluding diaryl/α,β-unsaturated/α-hetero) is 1. The van der Waals surface area contributed by atoms with E-state index in [9.17, 15) is 9.18 Å². The number of hydrogen-bond donors (Lipinski definition) is 1. The fourth-order valence-corrected chi connectivity index (χ4v) is 0.939. The summed E-state index contributed by atoms with van der Waals surface area (Å²) in [4.78, 5) is 10.9. The second-order valence-electron chi connectivity index (χ2n) is 2.51. The molecule has 4 heteroatoms. The molecule has 1 rings (SSSR count). The summed E-state index contributed by atoms with van der Waals surface area (Å²) in [5.74, 6) is -0.765. The first kappa shape index (κ1) is 9.38. The van der Waals surface area contributed by atoms with Gasteiger partial charge in [-0.25, -0.2) is 4.39 Å². The maximum atomic E-state index is 12.5. The molecule has 3 nitrogen and oxygen atoms in total. The monoisotopic (exact) mass is 181 g/mol. The molecule has 13 heavy (non-hydrogen) atoms. The van der Waals surface area contributed by atoms with Crippen molar-refractivity contribution in [3.8, 4) is 0 Å². The fraction of sp³-hybridized carbons (Fsp3) is 0.111. The van der Waals surface area contributed by atoms with Crippen LogP contribution in [0.15, 0.2) is 29.4 Å². The molecule has 0 bridgehead atoms. The van der Waals surface area contributed by atoms with Crippen molar-refractivity contribution in [3.05, 3.63) is 35.6 Å². The Morgan fingerprint density at radius 1 is 1.38 bits per heavy atom. The van der Waals surface area contributed by atoms with E-state index in [0.717, 1.165) is 0 Å². The average Bonchev–Trinajstić information content (AvgIpc) is 2.09. The minimum Gasteiger partial charge on any atom is -0.410 e. The zero-order chi connectivity index (χ0) is 9.84. The van der Waals surface area contributed by atoms with Crippen molar-refractivity contribution >= 4 is 11.5 Å². The van der Waals surface area contributed by atoms with Crippen molar-refractivity contribution < 1.29 is 14.4 Å². The zero-order valence-corrected chi connectivity index (χ0v) is 6.99. The molecule has 0 aliphatic heterocycles. The number of hydrogen-bond acceptors (Lipinski definition) is 3. The molecule has 0 radical (unpaired) electrons. The van der Waals surface area contributed by atoms with Crippen molar-refractivity contribution in [2.24, 2.45) is 5.16 Å². The number of carbonyl (C=O) groups excluding carboxylic acids is 1. The molecule has 0 aliphatic carbocycles. The molecule has 1 aromatic carbocycles. The minimum atomic E-state index is -0.399. The molecule has 0 aliphatic rings. The van der Waals surface area contributed by atoms with Crippen LogP contribution >= 0.6 is 0 Å². The first-order valence-electron chi connectivity index (χ1n) is 3.64. The predicted octanol–water partition coefficient (Wildman–Crippen LogP) is 1.59. The van der Waals surface area contributed by atoms with Crippen LogP contribution in [-0.4, -0.2) is 16.7 Å². The summed E-state index contributed by atoms with van der Waals surface area (Å²) < 4.78 is 12.5. The van der Waals surface area contributed by atoms with E-state index in [0.29, 0.717) is 5.56 Å². The quantitative estimate of drug-likeness (QED) is 0.428. The van der Waals surface area contributed by atoms with E-state index in [2.05, 4.69) is 5.16 Å². The van der Waals surface area contributed by atoms with Crippen molar-refractivity contribution in [2.45, 2.75) is 6.92 Å². The van der Waals surface area contributed by atoms with Gasteiger partial charge in [0.15, 0.2) is 11.5 Å². The lowest BCUT2D eigenvalue weighted by molar-refractivity contribution is -0.111. The van der Waals surface area contributed by atoms with E-state index < -0.39 is 5.82 Å². The standard InChI is InChI=1S/C9H8FNO2/c1-6(12)9(11-13)7-2-4-8(10)5-3-7/h2-5,13H,1H3. The molecule has 0 atom stereocenters. The lowest BCUT2D eigenvalue weighted by Crippen LogP contribution is -2.11. The molecule has 0 amide bonds. The molecule has 0 aromatic heterocycles. The van der Waals surface area contributed by atoms with Crippen LogP contribution in [0.1, 0.15) is 12.5 Å². The molecule has 0 saturated heterocycles. The molecule has 1 N–H and O–H groups in total. The highest BCUT2D eigenvalue weighted by atomic mass is 19.1. The average molecular weight is 181 g/mol. The molecular formula is C9H8FNO2. The summed E-state index contributed by atoms with van der Waals surface area (Å²) in [6, 6.07) is 5.16. The van der Waals surface area contributed by atoms with Gasteiger partial charge >= 0.3 is 0 Å². The van der Waals surface area contributed by atoms with Gasteiger partial charge in [0.2, 0.25) is 0 Å². The lowest BCUT2D eigenvalue weighted by Gasteiger charge is -1.98. The maximum absolute atomic E-state index is 12.5. The van der Waals surface area contributed by atoms with Gasteiger partial charge in [-0.3, -0.25) is 4.79 Å². The van der Waals surface area contributed by atoms with Crippen molar-refractivity contribution in [1.82, 2.24) is 0 Å². The second-order valence-corrected chi connectivity index (χ2v) is 2.51. The zero-order valence-electron chi connectivity index (χ0n) is 6.99. The van der Waals surface area contributed by atoms with Crippen LogP contribution in [0.2, 0.25) is 0 Å². The van der Waals surface area contributed by atoms with Gasteiger partial charge in [0, 0.05) is 12.5 Å². The third-order valence-corrected chi connectivity index (χ3v) is 1.55. The van der Waals surface area contributed by atoms with Crippen molar-refractivity contribution in [2.75, 3.05) is 0 Å².